The summed E-state index contributed by atoms with van der Waals surface area (Å²) in [5.41, 5.74) is 6.65. The SMILES string of the molecule is CC.COc1cnc(/C(C=N)=C/C(N)=Nc2nc(N3CCOCC3)ncc2F)cn1. The summed E-state index contributed by atoms with van der Waals surface area (Å²) in [6.07, 6.45) is 6.34. The highest BCUT2D eigenvalue weighted by atomic mass is 19.1. The van der Waals surface area contributed by atoms with E-state index in [4.69, 9.17) is 20.6 Å². The molecule has 11 heteroatoms. The molecule has 3 heterocycles. The first-order valence-corrected chi connectivity index (χ1v) is 9.38. The van der Waals surface area contributed by atoms with Crippen LogP contribution < -0.4 is 15.4 Å². The summed E-state index contributed by atoms with van der Waals surface area (Å²) in [6.45, 7) is 6.32. The number of rotatable bonds is 6. The molecule has 0 bridgehead atoms. The quantitative estimate of drug-likeness (QED) is 0.539. The molecule has 1 saturated heterocycles. The molecular formula is C19H25FN8O2. The Morgan fingerprint density at radius 1 is 1.23 bits per heavy atom. The topological polar surface area (TPSA) is 135 Å². The van der Waals surface area contributed by atoms with Crippen molar-refractivity contribution in [1.29, 1.82) is 5.41 Å². The van der Waals surface area contributed by atoms with E-state index in [2.05, 4.69) is 24.9 Å². The van der Waals surface area contributed by atoms with E-state index < -0.39 is 5.82 Å². The number of aromatic nitrogens is 4. The summed E-state index contributed by atoms with van der Waals surface area (Å²) < 4.78 is 24.3. The zero-order valence-corrected chi connectivity index (χ0v) is 17.2. The number of morpholine rings is 1. The Balaban J connectivity index is 0.00000155. The van der Waals surface area contributed by atoms with Crippen LogP contribution in [0.2, 0.25) is 0 Å². The third kappa shape index (κ3) is 6.01. The van der Waals surface area contributed by atoms with Crippen molar-refractivity contribution in [3.8, 4) is 5.88 Å². The van der Waals surface area contributed by atoms with E-state index in [-0.39, 0.29) is 11.7 Å². The molecule has 3 rings (SSSR count). The maximum atomic E-state index is 14.1. The zero-order chi connectivity index (χ0) is 21.9. The standard InChI is InChI=1S/C17H19FN8O2.C2H6/c1-27-15-10-21-13(9-22-15)11(7-19)6-14(20)24-16-12(18)8-23-17(25-16)26-2-4-28-5-3-26;1-2/h6-10,19H,2-5H2,1H3,(H2,20,23,24,25);1-2H3/b11-6+,19-7?;. The maximum Gasteiger partial charge on any atom is 0.232 e. The van der Waals surface area contributed by atoms with Gasteiger partial charge < -0.3 is 25.5 Å². The van der Waals surface area contributed by atoms with Gasteiger partial charge in [-0.1, -0.05) is 13.8 Å². The molecule has 0 atom stereocenters. The van der Waals surface area contributed by atoms with Gasteiger partial charge in [0.05, 0.1) is 44.6 Å². The van der Waals surface area contributed by atoms with E-state index >= 15 is 0 Å². The number of aliphatic imine (C=N–C) groups is 1. The molecule has 2 aromatic heterocycles. The third-order valence-electron chi connectivity index (χ3n) is 3.83. The number of nitrogens with zero attached hydrogens (tertiary/aromatic N) is 6. The van der Waals surface area contributed by atoms with Crippen LogP contribution in [0.1, 0.15) is 19.5 Å². The molecule has 0 aromatic carbocycles. The lowest BCUT2D eigenvalue weighted by Crippen LogP contribution is -2.37. The maximum absolute atomic E-state index is 14.1. The molecule has 160 valence electrons. The van der Waals surface area contributed by atoms with Crippen LogP contribution in [0.4, 0.5) is 16.2 Å². The molecule has 10 nitrogen and oxygen atoms in total. The van der Waals surface area contributed by atoms with Gasteiger partial charge in [0.15, 0.2) is 11.6 Å². The number of allylic oxidation sites excluding steroid dienone is 1. The number of methoxy groups -OCH3 is 1. The number of anilines is 1. The van der Waals surface area contributed by atoms with Crippen molar-refractivity contribution in [2.24, 2.45) is 10.7 Å². The molecular weight excluding hydrogens is 391 g/mol. The van der Waals surface area contributed by atoms with Crippen LogP contribution in [0.15, 0.2) is 29.7 Å². The first-order chi connectivity index (χ1) is 14.6. The van der Waals surface area contributed by atoms with Crippen LogP contribution >= 0.6 is 0 Å². The van der Waals surface area contributed by atoms with Crippen LogP contribution in [0, 0.1) is 11.2 Å². The van der Waals surface area contributed by atoms with Gasteiger partial charge in [0.2, 0.25) is 11.8 Å². The van der Waals surface area contributed by atoms with Crippen LogP contribution in [0.3, 0.4) is 0 Å². The summed E-state index contributed by atoms with van der Waals surface area (Å²) in [5.74, 6) is -0.229. The molecule has 1 fully saturated rings. The van der Waals surface area contributed by atoms with E-state index in [1.165, 1.54) is 25.6 Å². The fourth-order valence-corrected chi connectivity index (χ4v) is 2.42. The largest absolute Gasteiger partial charge is 0.480 e. The first-order valence-electron chi connectivity index (χ1n) is 9.38. The van der Waals surface area contributed by atoms with Crippen molar-refractivity contribution < 1.29 is 13.9 Å². The predicted molar refractivity (Wildman–Crippen MR) is 113 cm³/mol. The third-order valence-corrected chi connectivity index (χ3v) is 3.83. The lowest BCUT2D eigenvalue weighted by Gasteiger charge is -2.26. The van der Waals surface area contributed by atoms with Crippen molar-refractivity contribution >= 4 is 29.4 Å². The molecule has 0 unspecified atom stereocenters. The van der Waals surface area contributed by atoms with Crippen LogP contribution in [-0.4, -0.2) is 65.4 Å². The number of halogens is 1. The molecule has 0 amide bonds. The molecule has 0 aliphatic carbocycles. The Labute approximate surface area is 174 Å². The lowest BCUT2D eigenvalue weighted by molar-refractivity contribution is 0.122. The normalized spacial score (nSPS) is 14.6. The second-order valence-electron chi connectivity index (χ2n) is 5.67. The van der Waals surface area contributed by atoms with Crippen LogP contribution in [0.25, 0.3) is 5.57 Å². The minimum atomic E-state index is -0.700. The van der Waals surface area contributed by atoms with E-state index in [1.807, 2.05) is 18.7 Å². The van der Waals surface area contributed by atoms with E-state index in [0.717, 1.165) is 12.4 Å². The van der Waals surface area contributed by atoms with Crippen molar-refractivity contribution in [3.05, 3.63) is 36.2 Å². The summed E-state index contributed by atoms with van der Waals surface area (Å²) >= 11 is 0. The molecule has 1 aliphatic heterocycles. The van der Waals surface area contributed by atoms with Crippen molar-refractivity contribution in [1.82, 2.24) is 19.9 Å². The Morgan fingerprint density at radius 2 is 1.97 bits per heavy atom. The number of nitrogens with two attached hydrogens (primary N) is 1. The van der Waals surface area contributed by atoms with Crippen molar-refractivity contribution in [3.63, 3.8) is 0 Å². The van der Waals surface area contributed by atoms with E-state index in [9.17, 15) is 4.39 Å². The Hall–Kier alpha value is -3.47. The van der Waals surface area contributed by atoms with Gasteiger partial charge in [-0.15, -0.1) is 0 Å². The fourth-order valence-electron chi connectivity index (χ4n) is 2.42. The summed E-state index contributed by atoms with van der Waals surface area (Å²) in [5, 5.41) is 7.56. The monoisotopic (exact) mass is 416 g/mol. The van der Waals surface area contributed by atoms with Gasteiger partial charge in [0.1, 0.15) is 5.84 Å². The smallest absolute Gasteiger partial charge is 0.232 e. The van der Waals surface area contributed by atoms with Gasteiger partial charge in [-0.3, -0.25) is 0 Å². The molecule has 3 N–H and O–H groups in total. The average Bonchev–Trinajstić information content (AvgIpc) is 2.81. The predicted octanol–water partition coefficient (Wildman–Crippen LogP) is 2.00. The minimum absolute atomic E-state index is 0.0401. The fraction of sp³-hybridized carbons (Fsp3) is 0.368. The Kier molecular flexibility index (Phi) is 8.75. The van der Waals surface area contributed by atoms with Crippen LogP contribution in [0.5, 0.6) is 5.88 Å². The Bertz CT molecular complexity index is 896. The molecule has 0 spiro atoms. The summed E-state index contributed by atoms with van der Waals surface area (Å²) in [4.78, 5) is 22.2. The van der Waals surface area contributed by atoms with Crippen molar-refractivity contribution in [2.75, 3.05) is 38.3 Å². The van der Waals surface area contributed by atoms with Gasteiger partial charge >= 0.3 is 0 Å². The highest BCUT2D eigenvalue weighted by molar-refractivity contribution is 6.15. The summed E-state index contributed by atoms with van der Waals surface area (Å²) in [6, 6.07) is 0. The van der Waals surface area contributed by atoms with Gasteiger partial charge in [-0.25, -0.2) is 24.3 Å². The second-order valence-corrected chi connectivity index (χ2v) is 5.67. The number of ether oxygens (including phenoxy) is 2. The number of nitrogens with one attached hydrogen (secondary N) is 1. The first kappa shape index (κ1) is 22.8. The molecule has 0 saturated carbocycles. The van der Waals surface area contributed by atoms with Crippen molar-refractivity contribution in [2.45, 2.75) is 13.8 Å². The van der Waals surface area contributed by atoms with E-state index in [1.54, 1.807) is 0 Å². The highest BCUT2D eigenvalue weighted by Gasteiger charge is 2.16. The number of amidine groups is 1. The van der Waals surface area contributed by atoms with Crippen LogP contribution in [-0.2, 0) is 4.74 Å². The van der Waals surface area contributed by atoms with Gasteiger partial charge in [-0.05, 0) is 6.08 Å². The molecule has 30 heavy (non-hydrogen) atoms. The number of hydrogen-bond donors (Lipinski definition) is 2. The number of hydrogen-bond acceptors (Lipinski definition) is 9. The van der Waals surface area contributed by atoms with Gasteiger partial charge in [0, 0.05) is 24.9 Å². The lowest BCUT2D eigenvalue weighted by atomic mass is 10.2. The minimum Gasteiger partial charge on any atom is -0.480 e. The average molecular weight is 416 g/mol. The second kappa shape index (κ2) is 11.5. The van der Waals surface area contributed by atoms with E-state index in [0.29, 0.717) is 49.4 Å². The summed E-state index contributed by atoms with van der Waals surface area (Å²) in [7, 11) is 1.48. The Morgan fingerprint density at radius 3 is 2.57 bits per heavy atom. The highest BCUT2D eigenvalue weighted by Crippen LogP contribution is 2.19. The molecule has 0 radical (unpaired) electrons. The molecule has 1 aliphatic rings. The van der Waals surface area contributed by atoms with Gasteiger partial charge in [-0.2, -0.15) is 4.98 Å². The molecule has 2 aromatic rings. The van der Waals surface area contributed by atoms with Gasteiger partial charge in [0.25, 0.3) is 0 Å². The zero-order valence-electron chi connectivity index (χ0n) is 17.2.